The summed E-state index contributed by atoms with van der Waals surface area (Å²) in [5.41, 5.74) is -1.20. The molecule has 1 heterocycles. The molecule has 19 heavy (non-hydrogen) atoms. The van der Waals surface area contributed by atoms with E-state index in [2.05, 4.69) is 0 Å². The van der Waals surface area contributed by atoms with Crippen LogP contribution in [0.4, 0.5) is 0 Å². The number of carbonyl (C=O) groups is 1. The third-order valence-corrected chi connectivity index (χ3v) is 6.10. The minimum Gasteiger partial charge on any atom is -0.461 e. The highest BCUT2D eigenvalue weighted by atomic mass is 16.6. The van der Waals surface area contributed by atoms with E-state index in [1.165, 1.54) is 0 Å². The van der Waals surface area contributed by atoms with Crippen LogP contribution in [0.25, 0.3) is 0 Å². The lowest BCUT2D eigenvalue weighted by Gasteiger charge is -2.57. The third-order valence-electron chi connectivity index (χ3n) is 6.10. The van der Waals surface area contributed by atoms with Gasteiger partial charge in [-0.3, -0.25) is 4.79 Å². The van der Waals surface area contributed by atoms with Crippen LogP contribution >= 0.6 is 0 Å². The Morgan fingerprint density at radius 2 is 1.95 bits per heavy atom. The number of ether oxygens (including phenoxy) is 1. The van der Waals surface area contributed by atoms with Crippen LogP contribution in [-0.4, -0.2) is 34.0 Å². The Bertz CT molecular complexity index is 405. The van der Waals surface area contributed by atoms with Gasteiger partial charge in [0, 0.05) is 17.3 Å². The molecule has 2 N–H and O–H groups in total. The Labute approximate surface area is 114 Å². The maximum absolute atomic E-state index is 11.8. The van der Waals surface area contributed by atoms with Crippen LogP contribution in [0, 0.1) is 23.2 Å². The number of hydrogen-bond acceptors (Lipinski definition) is 4. The van der Waals surface area contributed by atoms with Crippen LogP contribution in [0.15, 0.2) is 0 Å². The number of fused-ring (bicyclic) bond motifs is 3. The molecular formula is C15H24O4. The Morgan fingerprint density at radius 3 is 2.63 bits per heavy atom. The molecule has 4 heteroatoms. The van der Waals surface area contributed by atoms with Gasteiger partial charge in [0.15, 0.2) is 0 Å². The molecule has 0 aromatic rings. The van der Waals surface area contributed by atoms with Gasteiger partial charge in [-0.15, -0.1) is 0 Å². The van der Waals surface area contributed by atoms with Crippen LogP contribution in [0.1, 0.15) is 46.5 Å². The normalized spacial score (nSPS) is 57.3. The number of esters is 1. The van der Waals surface area contributed by atoms with Crippen LogP contribution in [0.2, 0.25) is 0 Å². The quantitative estimate of drug-likeness (QED) is 0.653. The zero-order chi connectivity index (χ0) is 14.0. The van der Waals surface area contributed by atoms with Crippen molar-refractivity contribution in [1.82, 2.24) is 0 Å². The van der Waals surface area contributed by atoms with Gasteiger partial charge in [-0.1, -0.05) is 13.8 Å². The Hall–Kier alpha value is -0.610. The Balaban J connectivity index is 2.01. The van der Waals surface area contributed by atoms with E-state index in [0.717, 1.165) is 12.8 Å². The van der Waals surface area contributed by atoms with Gasteiger partial charge < -0.3 is 14.9 Å². The van der Waals surface area contributed by atoms with E-state index in [9.17, 15) is 15.0 Å². The molecule has 0 radical (unpaired) electrons. The summed E-state index contributed by atoms with van der Waals surface area (Å²) in [7, 11) is 0. The number of carbonyl (C=O) groups excluding carboxylic acids is 1. The maximum Gasteiger partial charge on any atom is 0.309 e. The van der Waals surface area contributed by atoms with Gasteiger partial charge in [0.2, 0.25) is 0 Å². The summed E-state index contributed by atoms with van der Waals surface area (Å²) in [6.45, 7) is 5.80. The largest absolute Gasteiger partial charge is 0.461 e. The average molecular weight is 268 g/mol. The number of rotatable bonds is 0. The average Bonchev–Trinajstić information content (AvgIpc) is 2.60. The molecule has 0 bridgehead atoms. The fraction of sp³-hybridized carbons (Fsp3) is 0.933. The standard InChI is InChI=1S/C15H24O4/c1-8-9-4-6-14(2)10(16)5-7-15(3,18)12(14)11(9)19-13(8)17/h8-12,16,18H,4-7H2,1-3H3/t8-,9-,10+,11+,12?,14-,15?/m0/s1. The van der Waals surface area contributed by atoms with Gasteiger partial charge in [0.05, 0.1) is 17.6 Å². The SMILES string of the molecule is C[C@@H]1C(=O)O[C@H]2C3C(C)(O)CC[C@@H](O)[C@]3(C)CC[C@@H]12. The maximum atomic E-state index is 11.8. The van der Waals surface area contributed by atoms with Gasteiger partial charge in [-0.05, 0) is 32.6 Å². The van der Waals surface area contributed by atoms with Crippen LogP contribution in [0.3, 0.4) is 0 Å². The molecule has 7 atom stereocenters. The summed E-state index contributed by atoms with van der Waals surface area (Å²) in [5, 5.41) is 21.2. The van der Waals surface area contributed by atoms with Crippen molar-refractivity contribution in [2.45, 2.75) is 64.3 Å². The Kier molecular flexibility index (Phi) is 2.78. The van der Waals surface area contributed by atoms with Gasteiger partial charge in [0.25, 0.3) is 0 Å². The molecule has 0 aromatic heterocycles. The zero-order valence-electron chi connectivity index (χ0n) is 11.9. The second kappa shape index (κ2) is 3.95. The molecule has 3 aliphatic rings. The van der Waals surface area contributed by atoms with E-state index in [0.29, 0.717) is 12.8 Å². The summed E-state index contributed by atoms with van der Waals surface area (Å²) >= 11 is 0. The first kappa shape index (κ1) is 13.4. The monoisotopic (exact) mass is 268 g/mol. The first-order valence-corrected chi connectivity index (χ1v) is 7.38. The summed E-state index contributed by atoms with van der Waals surface area (Å²) in [6.07, 6.45) is 2.32. The second-order valence-corrected chi connectivity index (χ2v) is 7.29. The minimum absolute atomic E-state index is 0.0792. The van der Waals surface area contributed by atoms with E-state index in [4.69, 9.17) is 4.74 Å². The number of aliphatic hydroxyl groups is 2. The third kappa shape index (κ3) is 1.69. The van der Waals surface area contributed by atoms with Gasteiger partial charge in [0.1, 0.15) is 6.10 Å². The van der Waals surface area contributed by atoms with E-state index in [-0.39, 0.29) is 35.2 Å². The lowest BCUT2D eigenvalue weighted by atomic mass is 9.51. The number of hydrogen-bond donors (Lipinski definition) is 2. The van der Waals surface area contributed by atoms with Crippen LogP contribution in [0.5, 0.6) is 0 Å². The van der Waals surface area contributed by atoms with E-state index in [1.54, 1.807) is 0 Å². The van der Waals surface area contributed by atoms with Gasteiger partial charge in [-0.25, -0.2) is 0 Å². The summed E-state index contributed by atoms with van der Waals surface area (Å²) < 4.78 is 5.59. The van der Waals surface area contributed by atoms with Crippen LogP contribution < -0.4 is 0 Å². The Morgan fingerprint density at radius 1 is 1.26 bits per heavy atom. The first-order valence-electron chi connectivity index (χ1n) is 7.38. The van der Waals surface area contributed by atoms with Crippen molar-refractivity contribution in [2.24, 2.45) is 23.2 Å². The molecule has 2 aliphatic carbocycles. The topological polar surface area (TPSA) is 66.8 Å². The van der Waals surface area contributed by atoms with Crippen LogP contribution in [-0.2, 0) is 9.53 Å². The zero-order valence-corrected chi connectivity index (χ0v) is 11.9. The van der Waals surface area contributed by atoms with E-state index < -0.39 is 11.7 Å². The molecule has 108 valence electrons. The summed E-state index contributed by atoms with van der Waals surface area (Å²) in [5.74, 6) is -0.182. The molecule has 0 spiro atoms. The highest BCUT2D eigenvalue weighted by Crippen LogP contribution is 2.58. The summed E-state index contributed by atoms with van der Waals surface area (Å²) in [6, 6.07) is 0. The van der Waals surface area contributed by atoms with Crippen molar-refractivity contribution >= 4 is 5.97 Å². The number of aliphatic hydroxyl groups excluding tert-OH is 1. The highest BCUT2D eigenvalue weighted by Gasteiger charge is 2.63. The van der Waals surface area contributed by atoms with Crippen molar-refractivity contribution < 1.29 is 19.7 Å². The van der Waals surface area contributed by atoms with Crippen molar-refractivity contribution in [1.29, 1.82) is 0 Å². The molecule has 0 amide bonds. The van der Waals surface area contributed by atoms with Crippen molar-refractivity contribution in [2.75, 3.05) is 0 Å². The lowest BCUT2D eigenvalue weighted by molar-refractivity contribution is -0.212. The molecule has 4 nitrogen and oxygen atoms in total. The molecule has 1 aliphatic heterocycles. The van der Waals surface area contributed by atoms with Crippen molar-refractivity contribution in [3.05, 3.63) is 0 Å². The predicted molar refractivity (Wildman–Crippen MR) is 69.2 cm³/mol. The van der Waals surface area contributed by atoms with E-state index >= 15 is 0 Å². The molecule has 3 fully saturated rings. The van der Waals surface area contributed by atoms with Gasteiger partial charge >= 0.3 is 5.97 Å². The smallest absolute Gasteiger partial charge is 0.309 e. The first-order chi connectivity index (χ1) is 8.77. The minimum atomic E-state index is -0.859. The summed E-state index contributed by atoms with van der Waals surface area (Å²) in [4.78, 5) is 11.8. The molecular weight excluding hydrogens is 244 g/mol. The highest BCUT2D eigenvalue weighted by molar-refractivity contribution is 5.75. The fourth-order valence-corrected chi connectivity index (χ4v) is 4.88. The van der Waals surface area contributed by atoms with Gasteiger partial charge in [-0.2, -0.15) is 0 Å². The molecule has 0 aromatic carbocycles. The van der Waals surface area contributed by atoms with E-state index in [1.807, 2.05) is 20.8 Å². The van der Waals surface area contributed by atoms with Crippen molar-refractivity contribution in [3.8, 4) is 0 Å². The fourth-order valence-electron chi connectivity index (χ4n) is 4.88. The van der Waals surface area contributed by atoms with Crippen molar-refractivity contribution in [3.63, 3.8) is 0 Å². The molecule has 1 saturated heterocycles. The molecule has 3 rings (SSSR count). The second-order valence-electron chi connectivity index (χ2n) is 7.29. The molecule has 2 saturated carbocycles. The predicted octanol–water partition coefficient (Wildman–Crippen LogP) is 1.49. The lowest BCUT2D eigenvalue weighted by Crippen LogP contribution is -2.62. The molecule has 2 unspecified atom stereocenters.